The van der Waals surface area contributed by atoms with Gasteiger partial charge in [0.05, 0.1) is 23.2 Å². The lowest BCUT2D eigenvalue weighted by Crippen LogP contribution is -2.81. The van der Waals surface area contributed by atoms with Gasteiger partial charge in [0.25, 0.3) is 0 Å². The Morgan fingerprint density at radius 1 is 1.38 bits per heavy atom. The van der Waals surface area contributed by atoms with E-state index in [0.717, 1.165) is 30.5 Å². The maximum atomic E-state index is 11.6. The summed E-state index contributed by atoms with van der Waals surface area (Å²) in [5.74, 6) is 0.259. The molecule has 3 saturated heterocycles. The first-order valence-corrected chi connectivity index (χ1v) is 7.68. The van der Waals surface area contributed by atoms with Crippen LogP contribution in [0.4, 0.5) is 0 Å². The van der Waals surface area contributed by atoms with Crippen LogP contribution in [-0.2, 0) is 16.6 Å². The minimum absolute atomic E-state index is 0.00520. The Labute approximate surface area is 123 Å². The minimum atomic E-state index is -0.805. The average Bonchev–Trinajstić information content (AvgIpc) is 2.46. The van der Waals surface area contributed by atoms with E-state index in [-0.39, 0.29) is 24.0 Å². The van der Waals surface area contributed by atoms with Crippen LogP contribution in [0.1, 0.15) is 24.0 Å². The molecule has 5 atom stereocenters. The topological polar surface area (TPSA) is 61.7 Å². The molecule has 3 N–H and O–H groups in total. The summed E-state index contributed by atoms with van der Waals surface area (Å²) in [5.41, 5.74) is 2.11. The third kappa shape index (κ3) is 1.16. The molecule has 3 heterocycles. The molecule has 4 nitrogen and oxygen atoms in total. The molecule has 0 spiro atoms. The Morgan fingerprint density at radius 2 is 2.24 bits per heavy atom. The molecule has 4 fully saturated rings. The maximum Gasteiger partial charge on any atom is 0.115 e. The number of nitrogens with one attached hydrogen (secondary N) is 1. The van der Waals surface area contributed by atoms with Crippen molar-refractivity contribution in [3.05, 3.63) is 41.5 Å². The van der Waals surface area contributed by atoms with E-state index in [1.165, 1.54) is 5.56 Å². The van der Waals surface area contributed by atoms with Crippen molar-refractivity contribution in [2.45, 2.75) is 48.5 Å². The van der Waals surface area contributed by atoms with Crippen LogP contribution in [-0.4, -0.2) is 40.6 Å². The second kappa shape index (κ2) is 3.51. The molecule has 3 aliphatic heterocycles. The average molecular weight is 285 g/mol. The van der Waals surface area contributed by atoms with E-state index >= 15 is 0 Å². The van der Waals surface area contributed by atoms with Gasteiger partial charge in [-0.25, -0.2) is 0 Å². The highest BCUT2D eigenvalue weighted by molar-refractivity contribution is 5.53. The first kappa shape index (κ1) is 12.2. The van der Waals surface area contributed by atoms with Gasteiger partial charge in [0, 0.05) is 12.5 Å². The van der Waals surface area contributed by atoms with E-state index in [1.54, 1.807) is 6.07 Å². The summed E-state index contributed by atoms with van der Waals surface area (Å²) in [6.07, 6.45) is 2.10. The van der Waals surface area contributed by atoms with Gasteiger partial charge in [-0.2, -0.15) is 0 Å². The van der Waals surface area contributed by atoms with Crippen LogP contribution in [0.3, 0.4) is 0 Å². The first-order chi connectivity index (χ1) is 10.1. The Bertz CT molecular complexity index is 672. The van der Waals surface area contributed by atoms with E-state index < -0.39 is 11.0 Å². The van der Waals surface area contributed by atoms with Crippen molar-refractivity contribution in [1.29, 1.82) is 0 Å². The van der Waals surface area contributed by atoms with Crippen LogP contribution in [0, 0.1) is 0 Å². The molecule has 6 rings (SSSR count). The zero-order chi connectivity index (χ0) is 14.4. The lowest BCUT2D eigenvalue weighted by molar-refractivity contribution is -0.255. The Balaban J connectivity index is 1.82. The number of phenols is 1. The monoisotopic (exact) mass is 285 g/mol. The predicted molar refractivity (Wildman–Crippen MR) is 77.3 cm³/mol. The minimum Gasteiger partial charge on any atom is -0.508 e. The van der Waals surface area contributed by atoms with Crippen molar-refractivity contribution in [3.8, 4) is 5.75 Å². The van der Waals surface area contributed by atoms with Crippen molar-refractivity contribution < 1.29 is 14.9 Å². The summed E-state index contributed by atoms with van der Waals surface area (Å²) in [7, 11) is 0. The number of phenolic OH excluding ortho intramolecular Hbond substituents is 1. The lowest BCUT2D eigenvalue weighted by Gasteiger charge is -2.69. The normalized spacial score (nSPS) is 46.3. The zero-order valence-electron chi connectivity index (χ0n) is 11.8. The SMILES string of the molecule is C=C1C2C[C@@]3(O)[C@H]4Cc5ccc(O)cc5[C@@]3(CCN4)C1O2. The number of fused-ring (bicyclic) bond motifs is 1. The van der Waals surface area contributed by atoms with Crippen LogP contribution in [0.15, 0.2) is 30.4 Å². The van der Waals surface area contributed by atoms with Gasteiger partial charge in [-0.15, -0.1) is 0 Å². The number of hydrogen-bond acceptors (Lipinski definition) is 4. The third-order valence-corrected chi connectivity index (χ3v) is 6.25. The van der Waals surface area contributed by atoms with Crippen molar-refractivity contribution in [2.24, 2.45) is 0 Å². The zero-order valence-corrected chi connectivity index (χ0v) is 11.8. The molecular formula is C17H19NO3. The second-order valence-electron chi connectivity index (χ2n) is 6.98. The number of aromatic hydroxyl groups is 1. The molecule has 2 unspecified atom stereocenters. The summed E-state index contributed by atoms with van der Waals surface area (Å²) >= 11 is 0. The van der Waals surface area contributed by atoms with Crippen molar-refractivity contribution >= 4 is 0 Å². The fourth-order valence-corrected chi connectivity index (χ4v) is 5.28. The summed E-state index contributed by atoms with van der Waals surface area (Å²) in [4.78, 5) is 0. The summed E-state index contributed by atoms with van der Waals surface area (Å²) in [6, 6.07) is 5.61. The van der Waals surface area contributed by atoms with Crippen LogP contribution in [0.2, 0.25) is 0 Å². The molecule has 2 aliphatic carbocycles. The molecule has 4 heteroatoms. The van der Waals surface area contributed by atoms with Crippen molar-refractivity contribution in [2.75, 3.05) is 6.54 Å². The molecule has 0 aromatic heterocycles. The Morgan fingerprint density at radius 3 is 3.05 bits per heavy atom. The standard InChI is InChI=1S/C17H19NO3/c1-9-13-8-17(20)14-6-10-2-3-11(19)7-12(10)16(17,4-5-18-14)15(9)21-13/h2-3,7,13-15,18-20H,1,4-6,8H2/t13?,14-,15?,16+,17-/m1/s1. The molecule has 0 radical (unpaired) electrons. The smallest absolute Gasteiger partial charge is 0.115 e. The fourth-order valence-electron chi connectivity index (χ4n) is 5.28. The van der Waals surface area contributed by atoms with Gasteiger partial charge in [-0.3, -0.25) is 0 Å². The fraction of sp³-hybridized carbons (Fsp3) is 0.529. The largest absolute Gasteiger partial charge is 0.508 e. The van der Waals surface area contributed by atoms with Gasteiger partial charge in [0.2, 0.25) is 0 Å². The maximum absolute atomic E-state index is 11.6. The summed E-state index contributed by atoms with van der Waals surface area (Å²) in [5, 5.41) is 25.0. The number of aliphatic hydroxyl groups is 1. The van der Waals surface area contributed by atoms with E-state index in [4.69, 9.17) is 4.74 Å². The molecule has 0 amide bonds. The molecule has 110 valence electrons. The first-order valence-electron chi connectivity index (χ1n) is 7.68. The highest BCUT2D eigenvalue weighted by Gasteiger charge is 2.72. The van der Waals surface area contributed by atoms with Crippen LogP contribution in [0.5, 0.6) is 5.75 Å². The molecule has 1 saturated carbocycles. The quantitative estimate of drug-likeness (QED) is 0.623. The molecule has 1 aromatic rings. The van der Waals surface area contributed by atoms with E-state index in [2.05, 4.69) is 11.9 Å². The number of benzene rings is 1. The van der Waals surface area contributed by atoms with Crippen LogP contribution in [0.25, 0.3) is 0 Å². The molecule has 4 bridgehead atoms. The highest BCUT2D eigenvalue weighted by Crippen LogP contribution is 2.63. The molecule has 1 aromatic carbocycles. The Kier molecular flexibility index (Phi) is 2.04. The summed E-state index contributed by atoms with van der Waals surface area (Å²) < 4.78 is 6.03. The molecular weight excluding hydrogens is 266 g/mol. The van der Waals surface area contributed by atoms with Gasteiger partial charge in [-0.1, -0.05) is 12.6 Å². The van der Waals surface area contributed by atoms with Crippen LogP contribution >= 0.6 is 0 Å². The van der Waals surface area contributed by atoms with Gasteiger partial charge in [0.15, 0.2) is 0 Å². The highest BCUT2D eigenvalue weighted by atomic mass is 16.5. The number of ether oxygens (including phenoxy) is 1. The number of hydrogen-bond donors (Lipinski definition) is 3. The predicted octanol–water partition coefficient (Wildman–Crippen LogP) is 1.01. The third-order valence-electron chi connectivity index (χ3n) is 6.25. The molecule has 5 aliphatic rings. The number of piperidine rings is 1. The van der Waals surface area contributed by atoms with Gasteiger partial charge in [0.1, 0.15) is 5.75 Å². The van der Waals surface area contributed by atoms with Gasteiger partial charge < -0.3 is 20.3 Å². The second-order valence-corrected chi connectivity index (χ2v) is 6.98. The van der Waals surface area contributed by atoms with Crippen LogP contribution < -0.4 is 5.32 Å². The molecule has 21 heavy (non-hydrogen) atoms. The van der Waals surface area contributed by atoms with Crippen molar-refractivity contribution in [1.82, 2.24) is 5.32 Å². The summed E-state index contributed by atoms with van der Waals surface area (Å²) in [6.45, 7) is 5.05. The lowest BCUT2D eigenvalue weighted by atomic mass is 9.46. The van der Waals surface area contributed by atoms with Crippen molar-refractivity contribution in [3.63, 3.8) is 0 Å². The van der Waals surface area contributed by atoms with E-state index in [9.17, 15) is 10.2 Å². The van der Waals surface area contributed by atoms with E-state index in [1.807, 2.05) is 12.1 Å². The van der Waals surface area contributed by atoms with Gasteiger partial charge >= 0.3 is 0 Å². The van der Waals surface area contributed by atoms with Gasteiger partial charge in [-0.05, 0) is 48.2 Å². The number of rotatable bonds is 0. The van der Waals surface area contributed by atoms with E-state index in [0.29, 0.717) is 6.42 Å². The Hall–Kier alpha value is -1.36.